The average molecular weight is 376 g/mol. The Morgan fingerprint density at radius 2 is 2.07 bits per heavy atom. The molecule has 0 spiro atoms. The second-order valence-corrected chi connectivity index (χ2v) is 6.96. The lowest BCUT2D eigenvalue weighted by Gasteiger charge is -2.09. The molecule has 0 bridgehead atoms. The SMILES string of the molecule is Fc1cccc2ncnc(Nc3ccc4c(cnn4Cc4nccs4)c3)c12. The molecular weight excluding hydrogens is 363 g/mol. The van der Waals surface area contributed by atoms with Crippen molar-refractivity contribution in [2.75, 3.05) is 5.32 Å². The van der Waals surface area contributed by atoms with Crippen molar-refractivity contribution in [2.45, 2.75) is 6.54 Å². The van der Waals surface area contributed by atoms with Gasteiger partial charge in [-0.05, 0) is 30.3 Å². The zero-order valence-electron chi connectivity index (χ0n) is 14.0. The van der Waals surface area contributed by atoms with Crippen LogP contribution in [0.15, 0.2) is 60.5 Å². The second kappa shape index (κ2) is 6.40. The third-order valence-electron chi connectivity index (χ3n) is 4.29. The van der Waals surface area contributed by atoms with E-state index in [1.807, 2.05) is 34.5 Å². The van der Waals surface area contributed by atoms with Crippen LogP contribution in [-0.2, 0) is 6.54 Å². The molecule has 0 amide bonds. The number of nitrogens with zero attached hydrogens (tertiary/aromatic N) is 5. The van der Waals surface area contributed by atoms with Gasteiger partial charge in [0.05, 0.1) is 29.2 Å². The predicted molar refractivity (Wildman–Crippen MR) is 104 cm³/mol. The first kappa shape index (κ1) is 15.8. The number of halogens is 1. The summed E-state index contributed by atoms with van der Waals surface area (Å²) in [7, 11) is 0. The van der Waals surface area contributed by atoms with Gasteiger partial charge in [0.25, 0.3) is 0 Å². The normalized spacial score (nSPS) is 11.3. The van der Waals surface area contributed by atoms with Crippen molar-refractivity contribution in [3.63, 3.8) is 0 Å². The second-order valence-electron chi connectivity index (χ2n) is 5.98. The molecule has 3 aromatic heterocycles. The van der Waals surface area contributed by atoms with Crippen LogP contribution in [0, 0.1) is 5.82 Å². The van der Waals surface area contributed by atoms with Crippen LogP contribution in [-0.4, -0.2) is 24.7 Å². The molecule has 3 heterocycles. The van der Waals surface area contributed by atoms with E-state index in [9.17, 15) is 4.39 Å². The van der Waals surface area contributed by atoms with Gasteiger partial charge in [-0.15, -0.1) is 11.3 Å². The largest absolute Gasteiger partial charge is 0.340 e. The molecule has 0 radical (unpaired) electrons. The van der Waals surface area contributed by atoms with E-state index in [0.717, 1.165) is 21.6 Å². The summed E-state index contributed by atoms with van der Waals surface area (Å²) < 4.78 is 16.2. The van der Waals surface area contributed by atoms with E-state index in [2.05, 4.69) is 25.4 Å². The molecule has 0 atom stereocenters. The Bertz CT molecular complexity index is 1240. The molecule has 0 saturated carbocycles. The molecule has 2 aromatic carbocycles. The lowest BCUT2D eigenvalue weighted by atomic mass is 10.2. The molecule has 0 fully saturated rings. The van der Waals surface area contributed by atoms with E-state index in [4.69, 9.17) is 0 Å². The van der Waals surface area contributed by atoms with Crippen molar-refractivity contribution < 1.29 is 4.39 Å². The maximum Gasteiger partial charge on any atom is 0.144 e. The van der Waals surface area contributed by atoms with E-state index >= 15 is 0 Å². The van der Waals surface area contributed by atoms with Crippen LogP contribution in [0.25, 0.3) is 21.8 Å². The molecule has 0 aliphatic carbocycles. The lowest BCUT2D eigenvalue weighted by Crippen LogP contribution is -2.01. The fraction of sp³-hybridized carbons (Fsp3) is 0.0526. The maximum atomic E-state index is 14.2. The van der Waals surface area contributed by atoms with Gasteiger partial charge in [0.2, 0.25) is 0 Å². The summed E-state index contributed by atoms with van der Waals surface area (Å²) in [6, 6.07) is 10.7. The van der Waals surface area contributed by atoms with E-state index in [-0.39, 0.29) is 5.82 Å². The summed E-state index contributed by atoms with van der Waals surface area (Å²) in [6.07, 6.45) is 5.03. The van der Waals surface area contributed by atoms with Crippen molar-refractivity contribution >= 4 is 44.6 Å². The van der Waals surface area contributed by atoms with Crippen LogP contribution in [0.4, 0.5) is 15.9 Å². The molecule has 0 saturated heterocycles. The number of hydrogen-bond donors (Lipinski definition) is 1. The van der Waals surface area contributed by atoms with E-state index in [0.29, 0.717) is 23.3 Å². The van der Waals surface area contributed by atoms with Crippen LogP contribution in [0.3, 0.4) is 0 Å². The zero-order valence-corrected chi connectivity index (χ0v) is 14.8. The number of anilines is 2. The molecule has 1 N–H and O–H groups in total. The number of nitrogens with one attached hydrogen (secondary N) is 1. The van der Waals surface area contributed by atoms with E-state index in [1.165, 1.54) is 12.4 Å². The van der Waals surface area contributed by atoms with E-state index in [1.54, 1.807) is 29.7 Å². The monoisotopic (exact) mass is 376 g/mol. The molecule has 0 unspecified atom stereocenters. The topological polar surface area (TPSA) is 68.5 Å². The van der Waals surface area contributed by atoms with Crippen LogP contribution in [0.1, 0.15) is 5.01 Å². The highest BCUT2D eigenvalue weighted by atomic mass is 32.1. The molecule has 5 rings (SSSR count). The zero-order chi connectivity index (χ0) is 18.2. The average Bonchev–Trinajstić information content (AvgIpc) is 3.32. The molecule has 5 aromatic rings. The van der Waals surface area contributed by atoms with Crippen molar-refractivity contribution in [3.8, 4) is 0 Å². The summed E-state index contributed by atoms with van der Waals surface area (Å²) in [4.78, 5) is 12.6. The van der Waals surface area contributed by atoms with Gasteiger partial charge in [-0.2, -0.15) is 5.10 Å². The van der Waals surface area contributed by atoms with Gasteiger partial charge in [-0.3, -0.25) is 4.68 Å². The number of benzene rings is 2. The fourth-order valence-corrected chi connectivity index (χ4v) is 3.65. The number of rotatable bonds is 4. The maximum absolute atomic E-state index is 14.2. The van der Waals surface area contributed by atoms with Crippen molar-refractivity contribution in [1.82, 2.24) is 24.7 Å². The molecule has 8 heteroatoms. The van der Waals surface area contributed by atoms with Gasteiger partial charge in [-0.1, -0.05) is 6.07 Å². The first-order valence-corrected chi connectivity index (χ1v) is 9.16. The van der Waals surface area contributed by atoms with Gasteiger partial charge >= 0.3 is 0 Å². The molecule has 6 nitrogen and oxygen atoms in total. The van der Waals surface area contributed by atoms with Gasteiger partial charge < -0.3 is 5.32 Å². The van der Waals surface area contributed by atoms with Gasteiger partial charge in [-0.25, -0.2) is 19.3 Å². The van der Waals surface area contributed by atoms with Gasteiger partial charge in [0.15, 0.2) is 0 Å². The lowest BCUT2D eigenvalue weighted by molar-refractivity contribution is 0.639. The van der Waals surface area contributed by atoms with Crippen LogP contribution in [0.2, 0.25) is 0 Å². The minimum absolute atomic E-state index is 0.354. The summed E-state index contributed by atoms with van der Waals surface area (Å²) in [5, 5.41) is 12.0. The molecular formula is C19H13FN6S. The third-order valence-corrected chi connectivity index (χ3v) is 5.05. The smallest absolute Gasteiger partial charge is 0.144 e. The van der Waals surface area contributed by atoms with Crippen molar-refractivity contribution in [1.29, 1.82) is 0 Å². The Labute approximate surface area is 157 Å². The van der Waals surface area contributed by atoms with Crippen molar-refractivity contribution in [3.05, 3.63) is 71.3 Å². The molecule has 0 aliphatic rings. The number of aromatic nitrogens is 5. The summed E-state index contributed by atoms with van der Waals surface area (Å²) in [6.45, 7) is 0.635. The van der Waals surface area contributed by atoms with Crippen LogP contribution >= 0.6 is 11.3 Å². The van der Waals surface area contributed by atoms with E-state index < -0.39 is 0 Å². The standard InChI is InChI=1S/C19H13FN6S/c20-14-2-1-3-15-18(14)19(23-11-22-15)25-13-4-5-16-12(8-13)9-24-26(16)10-17-21-6-7-27-17/h1-9,11H,10H2,(H,22,23,25). The van der Waals surface area contributed by atoms with Gasteiger partial charge in [0.1, 0.15) is 23.0 Å². The number of hydrogen-bond acceptors (Lipinski definition) is 6. The number of thiazole rings is 1. The molecule has 27 heavy (non-hydrogen) atoms. The van der Waals surface area contributed by atoms with Crippen molar-refractivity contribution in [2.24, 2.45) is 0 Å². The highest BCUT2D eigenvalue weighted by molar-refractivity contribution is 7.09. The third kappa shape index (κ3) is 2.89. The highest BCUT2D eigenvalue weighted by Gasteiger charge is 2.10. The fourth-order valence-electron chi connectivity index (χ4n) is 3.05. The minimum Gasteiger partial charge on any atom is -0.340 e. The van der Waals surface area contributed by atoms with Gasteiger partial charge in [0, 0.05) is 22.7 Å². The van der Waals surface area contributed by atoms with Crippen LogP contribution < -0.4 is 5.32 Å². The Kier molecular flexibility index (Phi) is 3.75. The summed E-state index contributed by atoms with van der Waals surface area (Å²) in [5.41, 5.74) is 2.37. The Balaban J connectivity index is 1.50. The summed E-state index contributed by atoms with van der Waals surface area (Å²) in [5.74, 6) is 0.0839. The first-order valence-electron chi connectivity index (χ1n) is 8.28. The Hall–Kier alpha value is -3.39. The summed E-state index contributed by atoms with van der Waals surface area (Å²) >= 11 is 1.60. The first-order chi connectivity index (χ1) is 13.3. The Morgan fingerprint density at radius 3 is 2.96 bits per heavy atom. The quantitative estimate of drug-likeness (QED) is 0.504. The minimum atomic E-state index is -0.354. The molecule has 132 valence electrons. The highest BCUT2D eigenvalue weighted by Crippen LogP contribution is 2.27. The van der Waals surface area contributed by atoms with Crippen LogP contribution in [0.5, 0.6) is 0 Å². The molecule has 0 aliphatic heterocycles. The Morgan fingerprint density at radius 1 is 1.11 bits per heavy atom. The predicted octanol–water partition coefficient (Wildman–Crippen LogP) is 4.37. The number of fused-ring (bicyclic) bond motifs is 2.